The highest BCUT2D eigenvalue weighted by Crippen LogP contribution is 2.40. The van der Waals surface area contributed by atoms with Crippen molar-refractivity contribution in [3.05, 3.63) is 0 Å². The summed E-state index contributed by atoms with van der Waals surface area (Å²) in [6.07, 6.45) is -10.7. The summed E-state index contributed by atoms with van der Waals surface area (Å²) in [5.74, 6) is 0. The molecule has 1 aliphatic heterocycles. The summed E-state index contributed by atoms with van der Waals surface area (Å²) in [5, 5.41) is 46.3. The summed E-state index contributed by atoms with van der Waals surface area (Å²) in [7, 11) is -5.00. The molecule has 0 radical (unpaired) electrons. The Morgan fingerprint density at radius 3 is 2.17 bits per heavy atom. The molecule has 1 heterocycles. The third kappa shape index (κ3) is 3.68. The smallest absolute Gasteiger partial charge is 0.394 e. The minimum Gasteiger partial charge on any atom is -0.394 e. The van der Waals surface area contributed by atoms with E-state index >= 15 is 0 Å². The van der Waals surface area contributed by atoms with E-state index in [-0.39, 0.29) is 0 Å². The molecule has 0 aromatic rings. The summed E-state index contributed by atoms with van der Waals surface area (Å²) in [6.45, 7) is -0.826. The predicted octanol–water partition coefficient (Wildman–Crippen LogP) is -3.74. The van der Waals surface area contributed by atoms with E-state index < -0.39 is 51.2 Å². The van der Waals surface area contributed by atoms with Gasteiger partial charge in [-0.1, -0.05) is 0 Å². The van der Waals surface area contributed by atoms with Crippen LogP contribution in [0.15, 0.2) is 0 Å². The van der Waals surface area contributed by atoms with Gasteiger partial charge in [0.25, 0.3) is 0 Å². The second-order valence-electron chi connectivity index (χ2n) is 3.79. The van der Waals surface area contributed by atoms with Gasteiger partial charge < -0.3 is 40.1 Å². The molecular formula is C7H15O10P. The Morgan fingerprint density at radius 1 is 1.17 bits per heavy atom. The lowest BCUT2D eigenvalue weighted by Gasteiger charge is -2.41. The van der Waals surface area contributed by atoms with Crippen LogP contribution in [0.2, 0.25) is 0 Å². The van der Waals surface area contributed by atoms with E-state index in [1.807, 2.05) is 0 Å². The molecule has 1 rings (SSSR count). The first-order chi connectivity index (χ1) is 8.17. The van der Waals surface area contributed by atoms with Crippen LogP contribution in [-0.2, 0) is 13.8 Å². The normalized spacial score (nSPS) is 39.6. The van der Waals surface area contributed by atoms with Crippen LogP contribution < -0.4 is 0 Å². The van der Waals surface area contributed by atoms with Gasteiger partial charge in [-0.3, -0.25) is 4.52 Å². The number of phosphoric acid groups is 1. The Balaban J connectivity index is 2.84. The summed E-state index contributed by atoms with van der Waals surface area (Å²) in [4.78, 5) is 17.1. The fraction of sp³-hybridized carbons (Fsp3) is 1.00. The maximum Gasteiger partial charge on any atom is 0.472 e. The van der Waals surface area contributed by atoms with Crippen molar-refractivity contribution in [1.82, 2.24) is 0 Å². The van der Waals surface area contributed by atoms with Crippen molar-refractivity contribution >= 4 is 7.82 Å². The average molecular weight is 290 g/mol. The van der Waals surface area contributed by atoms with Crippen LogP contribution in [-0.4, -0.2) is 78.7 Å². The Morgan fingerprint density at radius 2 is 1.72 bits per heavy atom. The quantitative estimate of drug-likeness (QED) is 0.254. The molecule has 10 nitrogen and oxygen atoms in total. The predicted molar refractivity (Wildman–Crippen MR) is 52.9 cm³/mol. The van der Waals surface area contributed by atoms with Gasteiger partial charge in [-0.25, -0.2) is 4.57 Å². The van der Waals surface area contributed by atoms with Crippen LogP contribution in [0.1, 0.15) is 0 Å². The summed E-state index contributed by atoms with van der Waals surface area (Å²) >= 11 is 0. The molecule has 0 saturated carbocycles. The van der Waals surface area contributed by atoms with Gasteiger partial charge in [0.15, 0.2) is 6.29 Å². The molecule has 0 spiro atoms. The van der Waals surface area contributed by atoms with Crippen molar-refractivity contribution in [2.45, 2.75) is 36.8 Å². The zero-order valence-electron chi connectivity index (χ0n) is 8.97. The zero-order chi connectivity index (χ0) is 14.1. The van der Waals surface area contributed by atoms with E-state index in [2.05, 4.69) is 4.52 Å². The van der Waals surface area contributed by atoms with Gasteiger partial charge in [0.05, 0.1) is 6.61 Å². The van der Waals surface area contributed by atoms with Crippen LogP contribution in [0.4, 0.5) is 0 Å². The lowest BCUT2D eigenvalue weighted by Crippen LogP contribution is -2.61. The van der Waals surface area contributed by atoms with E-state index in [1.54, 1.807) is 0 Å². The monoisotopic (exact) mass is 290 g/mol. The highest BCUT2D eigenvalue weighted by Gasteiger charge is 2.48. The molecule has 1 saturated heterocycles. The Bertz CT molecular complexity index is 317. The van der Waals surface area contributed by atoms with E-state index in [0.29, 0.717) is 0 Å². The molecule has 0 aromatic heterocycles. The van der Waals surface area contributed by atoms with E-state index in [1.165, 1.54) is 0 Å². The third-order valence-corrected chi connectivity index (χ3v) is 2.90. The Kier molecular flexibility index (Phi) is 5.21. The first kappa shape index (κ1) is 15.9. The van der Waals surface area contributed by atoms with Crippen molar-refractivity contribution in [3.8, 4) is 0 Å². The average Bonchev–Trinajstić information content (AvgIpc) is 2.27. The number of phosphoric ester groups is 1. The van der Waals surface area contributed by atoms with Gasteiger partial charge in [-0.05, 0) is 0 Å². The van der Waals surface area contributed by atoms with Gasteiger partial charge in [0.1, 0.15) is 30.5 Å². The van der Waals surface area contributed by atoms with Crippen molar-refractivity contribution in [3.63, 3.8) is 0 Å². The van der Waals surface area contributed by atoms with Crippen molar-refractivity contribution in [1.29, 1.82) is 0 Å². The van der Waals surface area contributed by atoms with E-state index in [0.717, 1.165) is 0 Å². The molecule has 0 bridgehead atoms. The molecule has 108 valence electrons. The molecule has 18 heavy (non-hydrogen) atoms. The number of hydrogen-bond acceptors (Lipinski definition) is 8. The standard InChI is InChI=1S/C7H15O10P/c8-1-2(9)6-4(11)3(10)5(12)7(16-6)17-18(13,14)15/h2-12H,1H2,(H2,13,14,15)/t2-,3+,4+,5?,6?,7+/m1/s1. The van der Waals surface area contributed by atoms with Crippen LogP contribution in [0.5, 0.6) is 0 Å². The SMILES string of the molecule is O=P(O)(O)O[C@@H]1OC([C@H](O)CO)[C@@H](O)[C@H](O)C1O. The highest BCUT2D eigenvalue weighted by atomic mass is 31.2. The Labute approximate surface area is 101 Å². The maximum atomic E-state index is 10.6. The van der Waals surface area contributed by atoms with Crippen molar-refractivity contribution in [2.24, 2.45) is 0 Å². The lowest BCUT2D eigenvalue weighted by molar-refractivity contribution is -0.293. The molecule has 7 N–H and O–H groups in total. The fourth-order valence-corrected chi connectivity index (χ4v) is 1.96. The molecule has 11 heteroatoms. The molecular weight excluding hydrogens is 275 g/mol. The second-order valence-corrected chi connectivity index (χ2v) is 4.98. The minimum atomic E-state index is -5.00. The lowest BCUT2D eigenvalue weighted by atomic mass is 9.96. The third-order valence-electron chi connectivity index (χ3n) is 2.41. The molecule has 1 fully saturated rings. The van der Waals surface area contributed by atoms with Gasteiger partial charge in [-0.2, -0.15) is 0 Å². The van der Waals surface area contributed by atoms with Crippen LogP contribution in [0.25, 0.3) is 0 Å². The molecule has 6 atom stereocenters. The Hall–Kier alpha value is -0.130. The van der Waals surface area contributed by atoms with Gasteiger partial charge in [0.2, 0.25) is 0 Å². The molecule has 0 aliphatic carbocycles. The summed E-state index contributed by atoms with van der Waals surface area (Å²) in [6, 6.07) is 0. The largest absolute Gasteiger partial charge is 0.472 e. The number of aliphatic hydroxyl groups excluding tert-OH is 5. The molecule has 2 unspecified atom stereocenters. The second kappa shape index (κ2) is 5.88. The number of aliphatic hydroxyl groups is 5. The van der Waals surface area contributed by atoms with Crippen LogP contribution >= 0.6 is 7.82 Å². The molecule has 0 amide bonds. The molecule has 0 aromatic carbocycles. The van der Waals surface area contributed by atoms with Crippen LogP contribution in [0, 0.1) is 0 Å². The minimum absolute atomic E-state index is 0.826. The number of ether oxygens (including phenoxy) is 1. The van der Waals surface area contributed by atoms with Gasteiger partial charge in [0, 0.05) is 0 Å². The maximum absolute atomic E-state index is 10.6. The number of hydrogen-bond donors (Lipinski definition) is 7. The first-order valence-electron chi connectivity index (χ1n) is 4.90. The number of rotatable bonds is 4. The summed E-state index contributed by atoms with van der Waals surface area (Å²) < 4.78 is 19.4. The van der Waals surface area contributed by atoms with E-state index in [4.69, 9.17) is 19.6 Å². The summed E-state index contributed by atoms with van der Waals surface area (Å²) in [5.41, 5.74) is 0. The zero-order valence-corrected chi connectivity index (χ0v) is 9.87. The fourth-order valence-electron chi connectivity index (χ4n) is 1.52. The van der Waals surface area contributed by atoms with Crippen molar-refractivity contribution in [2.75, 3.05) is 6.61 Å². The van der Waals surface area contributed by atoms with Crippen molar-refractivity contribution < 1.29 is 49.1 Å². The molecule has 1 aliphatic rings. The van der Waals surface area contributed by atoms with Crippen LogP contribution in [0.3, 0.4) is 0 Å². The highest BCUT2D eigenvalue weighted by molar-refractivity contribution is 7.46. The first-order valence-corrected chi connectivity index (χ1v) is 6.43. The topological polar surface area (TPSA) is 177 Å². The van der Waals surface area contributed by atoms with E-state index in [9.17, 15) is 25.0 Å². The van der Waals surface area contributed by atoms with Gasteiger partial charge >= 0.3 is 7.82 Å². The van der Waals surface area contributed by atoms with Gasteiger partial charge in [-0.15, -0.1) is 0 Å².